The molecule has 4 saturated heterocycles. The van der Waals surface area contributed by atoms with Crippen LogP contribution in [0.5, 0.6) is 0 Å². The van der Waals surface area contributed by atoms with Crippen LogP contribution in [-0.4, -0.2) is 152 Å². The number of methoxy groups -OCH3 is 2. The maximum Gasteiger partial charge on any atom is 0.0755 e. The number of piperidine rings is 3. The lowest BCUT2D eigenvalue weighted by Gasteiger charge is -2.53. The van der Waals surface area contributed by atoms with Crippen LogP contribution in [0.25, 0.3) is 0 Å². The first-order valence-electron chi connectivity index (χ1n) is 19.1. The maximum atomic E-state index is 6.40. The van der Waals surface area contributed by atoms with Gasteiger partial charge in [-0.05, 0) is 160 Å². The van der Waals surface area contributed by atoms with Crippen LogP contribution in [0.2, 0.25) is 0 Å². The summed E-state index contributed by atoms with van der Waals surface area (Å²) in [5.74, 6) is 3.17. The van der Waals surface area contributed by atoms with Gasteiger partial charge in [-0.25, -0.2) is 0 Å². The van der Waals surface area contributed by atoms with Crippen molar-refractivity contribution in [1.29, 1.82) is 0 Å². The molecule has 5 aliphatic rings. The largest absolute Gasteiger partial charge is 0.384 e. The molecule has 8 nitrogen and oxygen atoms in total. The van der Waals surface area contributed by atoms with Gasteiger partial charge in [0.15, 0.2) is 0 Å². The van der Waals surface area contributed by atoms with Gasteiger partial charge >= 0.3 is 0 Å². The van der Waals surface area contributed by atoms with Gasteiger partial charge in [-0.15, -0.1) is 0 Å². The molecule has 3 atom stereocenters. The molecular weight excluding hydrogens is 562 g/mol. The van der Waals surface area contributed by atoms with E-state index in [0.717, 1.165) is 64.1 Å². The zero-order chi connectivity index (χ0) is 31.5. The van der Waals surface area contributed by atoms with Crippen LogP contribution in [0, 0.1) is 29.1 Å². The Hall–Kier alpha value is -0.320. The summed E-state index contributed by atoms with van der Waals surface area (Å²) in [6.45, 7) is 16.5. The summed E-state index contributed by atoms with van der Waals surface area (Å²) in [6, 6.07) is 0.500. The molecule has 0 amide bonds. The average Bonchev–Trinajstić information content (AvgIpc) is 3.04. The van der Waals surface area contributed by atoms with Gasteiger partial charge in [-0.2, -0.15) is 0 Å². The van der Waals surface area contributed by atoms with E-state index in [1.807, 2.05) is 21.3 Å². The molecule has 5 fully saturated rings. The van der Waals surface area contributed by atoms with E-state index in [2.05, 4.69) is 32.0 Å². The molecule has 0 aromatic carbocycles. The maximum absolute atomic E-state index is 6.40. The second-order valence-corrected chi connectivity index (χ2v) is 16.1. The highest BCUT2D eigenvalue weighted by molar-refractivity contribution is 4.97. The van der Waals surface area contributed by atoms with Crippen LogP contribution >= 0.6 is 0 Å². The molecule has 3 unspecified atom stereocenters. The summed E-state index contributed by atoms with van der Waals surface area (Å²) in [4.78, 5) is 10.9. The average molecular weight is 634 g/mol. The predicted molar refractivity (Wildman–Crippen MR) is 185 cm³/mol. The number of nitrogens with one attached hydrogen (secondary N) is 1. The highest BCUT2D eigenvalue weighted by Crippen LogP contribution is 2.40. The number of hydrogen-bond acceptors (Lipinski definition) is 8. The van der Waals surface area contributed by atoms with Gasteiger partial charge in [0.1, 0.15) is 0 Å². The smallest absolute Gasteiger partial charge is 0.0755 e. The van der Waals surface area contributed by atoms with Gasteiger partial charge < -0.3 is 34.2 Å². The van der Waals surface area contributed by atoms with Crippen molar-refractivity contribution in [2.24, 2.45) is 29.1 Å². The van der Waals surface area contributed by atoms with Crippen LogP contribution in [0.3, 0.4) is 0 Å². The second-order valence-electron chi connectivity index (χ2n) is 16.1. The molecule has 1 spiro atoms. The van der Waals surface area contributed by atoms with Crippen LogP contribution in [0.15, 0.2) is 0 Å². The van der Waals surface area contributed by atoms with Crippen LogP contribution < -0.4 is 5.32 Å². The molecule has 1 N–H and O–H groups in total. The minimum absolute atomic E-state index is 0.327. The second kappa shape index (κ2) is 18.4. The topological polar surface area (TPSA) is 52.7 Å². The summed E-state index contributed by atoms with van der Waals surface area (Å²) in [5.41, 5.74) is 0.683. The summed E-state index contributed by atoms with van der Waals surface area (Å²) < 4.78 is 17.9. The molecule has 262 valence electrons. The number of ether oxygens (including phenoxy) is 3. The third-order valence-electron chi connectivity index (χ3n) is 12.6. The minimum Gasteiger partial charge on any atom is -0.384 e. The Bertz CT molecular complexity index is 802. The van der Waals surface area contributed by atoms with Gasteiger partial charge in [0, 0.05) is 72.8 Å². The number of likely N-dealkylation sites (tertiary alicyclic amines) is 4. The molecule has 1 saturated carbocycles. The van der Waals surface area contributed by atoms with E-state index in [9.17, 15) is 0 Å². The lowest BCUT2D eigenvalue weighted by atomic mass is 9.72. The molecule has 5 rings (SSSR count). The van der Waals surface area contributed by atoms with Gasteiger partial charge in [-0.1, -0.05) is 0 Å². The zero-order valence-electron chi connectivity index (χ0n) is 29.9. The number of nitrogens with zero attached hydrogens (tertiary/aromatic N) is 4. The normalized spacial score (nSPS) is 31.7. The van der Waals surface area contributed by atoms with Crippen molar-refractivity contribution in [3.8, 4) is 0 Å². The van der Waals surface area contributed by atoms with Crippen molar-refractivity contribution in [2.75, 3.05) is 120 Å². The summed E-state index contributed by atoms with van der Waals surface area (Å²) >= 11 is 0. The van der Waals surface area contributed by atoms with Gasteiger partial charge in [0.2, 0.25) is 0 Å². The lowest BCUT2D eigenvalue weighted by molar-refractivity contribution is -0.0673. The molecule has 0 radical (unpaired) electrons. The predicted octanol–water partition coefficient (Wildman–Crippen LogP) is 4.29. The van der Waals surface area contributed by atoms with E-state index in [1.165, 1.54) is 117 Å². The monoisotopic (exact) mass is 634 g/mol. The van der Waals surface area contributed by atoms with E-state index in [1.54, 1.807) is 0 Å². The Labute approximate surface area is 277 Å². The lowest BCUT2D eigenvalue weighted by Crippen LogP contribution is -2.59. The zero-order valence-corrected chi connectivity index (χ0v) is 29.9. The first kappa shape index (κ1) is 36.0. The van der Waals surface area contributed by atoms with Crippen molar-refractivity contribution in [2.45, 2.75) is 89.2 Å². The van der Waals surface area contributed by atoms with Crippen LogP contribution in [0.4, 0.5) is 0 Å². The first-order chi connectivity index (χ1) is 22.0. The number of hydrogen-bond donors (Lipinski definition) is 1. The van der Waals surface area contributed by atoms with Gasteiger partial charge in [0.05, 0.1) is 6.10 Å². The fourth-order valence-corrected chi connectivity index (χ4v) is 10.0. The van der Waals surface area contributed by atoms with Crippen molar-refractivity contribution < 1.29 is 14.2 Å². The SMILES string of the molecule is CNCCCOCCCN1CCC(COC)CC1C(OC)C1CCN(C[C@H]2CC[C@H](CN3CCC4(CC3)CN(C)C4)CC2)CC1. The Morgan fingerprint density at radius 3 is 2.02 bits per heavy atom. The van der Waals surface area contributed by atoms with E-state index in [-0.39, 0.29) is 0 Å². The quantitative estimate of drug-likeness (QED) is 0.238. The fourth-order valence-electron chi connectivity index (χ4n) is 10.0. The Morgan fingerprint density at radius 2 is 1.42 bits per heavy atom. The van der Waals surface area contributed by atoms with Crippen molar-refractivity contribution >= 4 is 0 Å². The standard InChI is InChI=1S/C37H71N5O3/c1-38-16-5-23-45-24-6-17-42-20-11-33(28-43-3)25-35(42)36(44-4)34-12-18-40(19-13-34)26-31-7-9-32(10-8-31)27-41-21-14-37(15-22-41)29-39(2)30-37/h31-36,38H,5-30H2,1-4H3/t31-,32-,33?,35?,36?. The first-order valence-corrected chi connectivity index (χ1v) is 19.1. The molecule has 45 heavy (non-hydrogen) atoms. The van der Waals surface area contributed by atoms with Crippen molar-refractivity contribution in [3.63, 3.8) is 0 Å². The summed E-state index contributed by atoms with van der Waals surface area (Å²) in [6.07, 6.45) is 16.2. The molecule has 8 heteroatoms. The Morgan fingerprint density at radius 1 is 0.778 bits per heavy atom. The third-order valence-corrected chi connectivity index (χ3v) is 12.6. The van der Waals surface area contributed by atoms with E-state index in [4.69, 9.17) is 14.2 Å². The van der Waals surface area contributed by atoms with Crippen LogP contribution in [-0.2, 0) is 14.2 Å². The van der Waals surface area contributed by atoms with Crippen molar-refractivity contribution in [1.82, 2.24) is 24.9 Å². The molecule has 0 bridgehead atoms. The van der Waals surface area contributed by atoms with Crippen molar-refractivity contribution in [3.05, 3.63) is 0 Å². The molecule has 1 aliphatic carbocycles. The Balaban J connectivity index is 1.01. The number of rotatable bonds is 17. The fraction of sp³-hybridized carbons (Fsp3) is 1.00. The molecule has 0 aromatic rings. The summed E-state index contributed by atoms with van der Waals surface area (Å²) in [7, 11) is 8.13. The highest BCUT2D eigenvalue weighted by atomic mass is 16.5. The molecular formula is C37H71N5O3. The molecule has 4 heterocycles. The summed E-state index contributed by atoms with van der Waals surface area (Å²) in [5, 5.41) is 3.21. The van der Waals surface area contributed by atoms with E-state index < -0.39 is 0 Å². The molecule has 0 aromatic heterocycles. The van der Waals surface area contributed by atoms with E-state index in [0.29, 0.717) is 29.4 Å². The van der Waals surface area contributed by atoms with Gasteiger partial charge in [0.25, 0.3) is 0 Å². The van der Waals surface area contributed by atoms with Crippen LogP contribution in [0.1, 0.15) is 77.0 Å². The molecule has 4 aliphatic heterocycles. The third kappa shape index (κ3) is 10.6. The van der Waals surface area contributed by atoms with E-state index >= 15 is 0 Å². The Kier molecular flexibility index (Phi) is 14.7. The minimum atomic E-state index is 0.327. The highest BCUT2D eigenvalue weighted by Gasteiger charge is 2.43. The van der Waals surface area contributed by atoms with Gasteiger partial charge in [-0.3, -0.25) is 4.90 Å².